The van der Waals surface area contributed by atoms with Gasteiger partial charge < -0.3 is 14.8 Å². The van der Waals surface area contributed by atoms with Gasteiger partial charge in [-0.25, -0.2) is 4.79 Å². The van der Waals surface area contributed by atoms with E-state index >= 15 is 0 Å². The standard InChI is InChI=1S/C18H23NO5S2/c1-23-18(22)13-6-8-14(9-7-13)19-16(20)12-24-17(21)5-3-2-4-15-10-11-25-26-15/h6-9,15H,2-5,10-12H2,1H3,(H,19,20)/t15-/m0/s1. The first-order valence-corrected chi connectivity index (χ1v) is 10.9. The SMILES string of the molecule is COC(=O)c1ccc(NC(=O)COC(=O)CCCC[C@H]2CCSS2)cc1. The molecule has 26 heavy (non-hydrogen) atoms. The summed E-state index contributed by atoms with van der Waals surface area (Å²) in [4.78, 5) is 34.8. The fourth-order valence-corrected chi connectivity index (χ4v) is 5.46. The highest BCUT2D eigenvalue weighted by Crippen LogP contribution is 2.39. The third-order valence-electron chi connectivity index (χ3n) is 3.84. The number of esters is 2. The molecule has 0 aromatic heterocycles. The van der Waals surface area contributed by atoms with Crippen LogP contribution in [0.2, 0.25) is 0 Å². The monoisotopic (exact) mass is 397 g/mol. The van der Waals surface area contributed by atoms with Crippen molar-refractivity contribution in [2.75, 3.05) is 24.8 Å². The molecule has 2 rings (SSSR count). The molecule has 1 N–H and O–H groups in total. The summed E-state index contributed by atoms with van der Waals surface area (Å²) in [7, 11) is 5.17. The molecule has 0 unspecified atom stereocenters. The summed E-state index contributed by atoms with van der Waals surface area (Å²) in [5, 5.41) is 3.33. The topological polar surface area (TPSA) is 81.7 Å². The molecular weight excluding hydrogens is 374 g/mol. The van der Waals surface area contributed by atoms with Gasteiger partial charge in [0, 0.05) is 23.1 Å². The Kier molecular flexibility index (Phi) is 8.84. The number of hydrogen-bond acceptors (Lipinski definition) is 7. The summed E-state index contributed by atoms with van der Waals surface area (Å²) < 4.78 is 9.60. The lowest BCUT2D eigenvalue weighted by Gasteiger charge is -2.08. The quantitative estimate of drug-likeness (QED) is 0.387. The maximum absolute atomic E-state index is 11.8. The van der Waals surface area contributed by atoms with Crippen LogP contribution in [0.4, 0.5) is 5.69 Å². The van der Waals surface area contributed by atoms with Crippen LogP contribution < -0.4 is 5.32 Å². The second-order valence-electron chi connectivity index (χ2n) is 5.85. The van der Waals surface area contributed by atoms with Gasteiger partial charge in [-0.05, 0) is 43.5 Å². The highest BCUT2D eigenvalue weighted by Gasteiger charge is 2.16. The van der Waals surface area contributed by atoms with Gasteiger partial charge in [-0.3, -0.25) is 9.59 Å². The Morgan fingerprint density at radius 2 is 1.96 bits per heavy atom. The summed E-state index contributed by atoms with van der Waals surface area (Å²) in [6, 6.07) is 6.28. The van der Waals surface area contributed by atoms with E-state index in [0.717, 1.165) is 19.3 Å². The first-order valence-electron chi connectivity index (χ1n) is 8.50. The lowest BCUT2D eigenvalue weighted by Crippen LogP contribution is -2.20. The van der Waals surface area contributed by atoms with Crippen LogP contribution in [0.15, 0.2) is 24.3 Å². The molecule has 1 aromatic carbocycles. The number of anilines is 1. The molecule has 1 saturated heterocycles. The van der Waals surface area contributed by atoms with E-state index in [9.17, 15) is 14.4 Å². The molecule has 0 saturated carbocycles. The lowest BCUT2D eigenvalue weighted by atomic mass is 10.1. The Labute approximate surface area is 161 Å². The molecule has 0 spiro atoms. The Morgan fingerprint density at radius 1 is 1.19 bits per heavy atom. The maximum Gasteiger partial charge on any atom is 0.337 e. The molecule has 0 aliphatic carbocycles. The third-order valence-corrected chi connectivity index (χ3v) is 6.85. The van der Waals surface area contributed by atoms with Crippen molar-refractivity contribution in [3.8, 4) is 0 Å². The van der Waals surface area contributed by atoms with Crippen molar-refractivity contribution in [2.45, 2.75) is 37.4 Å². The number of benzene rings is 1. The molecule has 0 bridgehead atoms. The number of ether oxygens (including phenoxy) is 2. The van der Waals surface area contributed by atoms with E-state index in [2.05, 4.69) is 10.1 Å². The van der Waals surface area contributed by atoms with Crippen molar-refractivity contribution in [3.63, 3.8) is 0 Å². The van der Waals surface area contributed by atoms with E-state index in [-0.39, 0.29) is 12.6 Å². The summed E-state index contributed by atoms with van der Waals surface area (Å²) in [6.07, 6.45) is 4.52. The van der Waals surface area contributed by atoms with Crippen molar-refractivity contribution in [3.05, 3.63) is 29.8 Å². The normalized spacial score (nSPS) is 16.1. The Bertz CT molecular complexity index is 615. The first kappa shape index (κ1) is 20.6. The predicted molar refractivity (Wildman–Crippen MR) is 104 cm³/mol. The zero-order valence-electron chi connectivity index (χ0n) is 14.7. The summed E-state index contributed by atoms with van der Waals surface area (Å²) in [5.41, 5.74) is 0.914. The number of methoxy groups -OCH3 is 1. The van der Waals surface area contributed by atoms with Crippen molar-refractivity contribution < 1.29 is 23.9 Å². The minimum absolute atomic E-state index is 0.313. The molecule has 1 aliphatic heterocycles. The molecule has 1 aromatic rings. The van der Waals surface area contributed by atoms with E-state index < -0.39 is 11.9 Å². The van der Waals surface area contributed by atoms with Gasteiger partial charge in [-0.2, -0.15) is 0 Å². The molecule has 1 aliphatic rings. The van der Waals surface area contributed by atoms with Crippen molar-refractivity contribution in [2.24, 2.45) is 0 Å². The summed E-state index contributed by atoms with van der Waals surface area (Å²) in [5.74, 6) is 0.0121. The van der Waals surface area contributed by atoms with Crippen molar-refractivity contribution >= 4 is 45.1 Å². The van der Waals surface area contributed by atoms with E-state index in [4.69, 9.17) is 4.74 Å². The first-order chi connectivity index (χ1) is 12.6. The summed E-state index contributed by atoms with van der Waals surface area (Å²) >= 11 is 0. The van der Waals surface area contributed by atoms with Crippen LogP contribution in [0, 0.1) is 0 Å². The van der Waals surface area contributed by atoms with Gasteiger partial charge in [0.15, 0.2) is 6.61 Å². The zero-order chi connectivity index (χ0) is 18.8. The molecule has 0 radical (unpaired) electrons. The fourth-order valence-electron chi connectivity index (χ4n) is 2.43. The second kappa shape index (κ2) is 11.1. The van der Waals surface area contributed by atoms with Crippen LogP contribution in [-0.4, -0.2) is 42.6 Å². The summed E-state index contributed by atoms with van der Waals surface area (Å²) in [6.45, 7) is -0.313. The Balaban J connectivity index is 1.60. The lowest BCUT2D eigenvalue weighted by molar-refractivity contribution is -0.147. The highest BCUT2D eigenvalue weighted by molar-refractivity contribution is 8.77. The van der Waals surface area contributed by atoms with Crippen LogP contribution in [0.25, 0.3) is 0 Å². The number of carbonyl (C=O) groups is 3. The Hall–Kier alpha value is -1.67. The van der Waals surface area contributed by atoms with Gasteiger partial charge in [0.2, 0.25) is 0 Å². The fraction of sp³-hybridized carbons (Fsp3) is 0.500. The minimum Gasteiger partial charge on any atom is -0.465 e. The second-order valence-corrected chi connectivity index (χ2v) is 8.64. The largest absolute Gasteiger partial charge is 0.465 e. The predicted octanol–water partition coefficient (Wildman–Crippen LogP) is 3.67. The van der Waals surface area contributed by atoms with E-state index in [1.54, 1.807) is 24.3 Å². The van der Waals surface area contributed by atoms with Crippen LogP contribution in [-0.2, 0) is 19.1 Å². The van der Waals surface area contributed by atoms with Gasteiger partial charge in [0.25, 0.3) is 5.91 Å². The molecule has 6 nitrogen and oxygen atoms in total. The molecule has 8 heteroatoms. The van der Waals surface area contributed by atoms with Gasteiger partial charge >= 0.3 is 11.9 Å². The minimum atomic E-state index is -0.443. The maximum atomic E-state index is 11.8. The van der Waals surface area contributed by atoms with Gasteiger partial charge in [0.05, 0.1) is 12.7 Å². The molecule has 1 atom stereocenters. The number of carbonyl (C=O) groups excluding carboxylic acids is 3. The van der Waals surface area contributed by atoms with Crippen LogP contribution >= 0.6 is 21.6 Å². The molecule has 1 amide bonds. The van der Waals surface area contributed by atoms with Crippen LogP contribution in [0.5, 0.6) is 0 Å². The average Bonchev–Trinajstić information content (AvgIpc) is 3.17. The zero-order valence-corrected chi connectivity index (χ0v) is 16.3. The van der Waals surface area contributed by atoms with Crippen LogP contribution in [0.1, 0.15) is 42.5 Å². The molecular formula is C18H23NO5S2. The number of hydrogen-bond donors (Lipinski definition) is 1. The number of nitrogens with one attached hydrogen (secondary N) is 1. The third kappa shape index (κ3) is 7.29. The van der Waals surface area contributed by atoms with Crippen molar-refractivity contribution in [1.82, 2.24) is 0 Å². The highest BCUT2D eigenvalue weighted by atomic mass is 33.1. The van der Waals surface area contributed by atoms with E-state index in [1.165, 1.54) is 19.3 Å². The number of rotatable bonds is 9. The van der Waals surface area contributed by atoms with Gasteiger partial charge in [-0.1, -0.05) is 28.0 Å². The molecule has 1 fully saturated rings. The molecule has 142 valence electrons. The smallest absolute Gasteiger partial charge is 0.337 e. The Morgan fingerprint density at radius 3 is 2.62 bits per heavy atom. The number of amides is 1. The van der Waals surface area contributed by atoms with Gasteiger partial charge in [0.1, 0.15) is 0 Å². The van der Waals surface area contributed by atoms with E-state index in [1.807, 2.05) is 21.6 Å². The average molecular weight is 398 g/mol. The van der Waals surface area contributed by atoms with E-state index in [0.29, 0.717) is 22.9 Å². The van der Waals surface area contributed by atoms with Crippen LogP contribution in [0.3, 0.4) is 0 Å². The molecule has 1 heterocycles. The van der Waals surface area contributed by atoms with Gasteiger partial charge in [-0.15, -0.1) is 0 Å². The van der Waals surface area contributed by atoms with Crippen molar-refractivity contribution in [1.29, 1.82) is 0 Å². The number of unbranched alkanes of at least 4 members (excludes halogenated alkanes) is 1.